The first kappa shape index (κ1) is 16.2. The van der Waals surface area contributed by atoms with Gasteiger partial charge in [-0.05, 0) is 44.5 Å². The lowest BCUT2D eigenvalue weighted by molar-refractivity contribution is -0.118. The third-order valence-corrected chi connectivity index (χ3v) is 3.53. The van der Waals surface area contributed by atoms with Gasteiger partial charge in [0.15, 0.2) is 0 Å². The Morgan fingerprint density at radius 1 is 1.50 bits per heavy atom. The van der Waals surface area contributed by atoms with Crippen LogP contribution < -0.4 is 9.64 Å². The maximum atomic E-state index is 11.9. The quantitative estimate of drug-likeness (QED) is 0.813. The second kappa shape index (κ2) is 6.57. The molecule has 4 nitrogen and oxygen atoms in total. The fourth-order valence-electron chi connectivity index (χ4n) is 2.16. The summed E-state index contributed by atoms with van der Waals surface area (Å²) < 4.78 is 5.11. The predicted octanol–water partition coefficient (Wildman–Crippen LogP) is 2.76. The number of methoxy groups -OCH3 is 1. The molecule has 0 aliphatic carbocycles. The number of amides is 1. The second-order valence-corrected chi connectivity index (χ2v) is 5.11. The summed E-state index contributed by atoms with van der Waals surface area (Å²) in [6.07, 6.45) is 2.07. The molecule has 0 unspecified atom stereocenters. The molecule has 1 rings (SSSR count). The molecule has 0 aliphatic rings. The Balaban J connectivity index is 3.10. The first-order valence-electron chi connectivity index (χ1n) is 6.60. The molecule has 0 fully saturated rings. The van der Waals surface area contributed by atoms with Crippen LogP contribution >= 0.6 is 0 Å². The fraction of sp³-hybridized carbons (Fsp3) is 0.438. The van der Waals surface area contributed by atoms with E-state index in [1.165, 1.54) is 6.92 Å². The maximum Gasteiger partial charge on any atom is 0.224 e. The molecule has 0 saturated heterocycles. The molecule has 1 aromatic rings. The van der Waals surface area contributed by atoms with Gasteiger partial charge in [0, 0.05) is 12.6 Å². The lowest BCUT2D eigenvalue weighted by Gasteiger charge is -2.38. The van der Waals surface area contributed by atoms with Gasteiger partial charge in [0.05, 0.1) is 18.8 Å². The Morgan fingerprint density at radius 3 is 2.45 bits per heavy atom. The molecule has 1 amide bonds. The molecule has 1 aromatic carbocycles. The Hall–Kier alpha value is -1.81. The van der Waals surface area contributed by atoms with Crippen molar-refractivity contribution in [3.05, 3.63) is 36.9 Å². The number of rotatable bonds is 6. The van der Waals surface area contributed by atoms with Gasteiger partial charge >= 0.3 is 0 Å². The normalized spacial score (nSPS) is 15.1. The minimum absolute atomic E-state index is 0.119. The van der Waals surface area contributed by atoms with E-state index in [9.17, 15) is 9.90 Å². The van der Waals surface area contributed by atoms with E-state index in [4.69, 9.17) is 4.74 Å². The molecule has 110 valence electrons. The number of carbonyl (C=O) groups is 1. The zero-order chi connectivity index (χ0) is 15.3. The molecule has 20 heavy (non-hydrogen) atoms. The third kappa shape index (κ3) is 3.61. The molecule has 0 saturated carbocycles. The number of nitrogens with zero attached hydrogens (tertiary/aromatic N) is 1. The van der Waals surface area contributed by atoms with Gasteiger partial charge in [-0.25, -0.2) is 0 Å². The molecule has 0 aliphatic heterocycles. The van der Waals surface area contributed by atoms with Gasteiger partial charge < -0.3 is 14.7 Å². The van der Waals surface area contributed by atoms with Crippen LogP contribution in [0.15, 0.2) is 36.9 Å². The zero-order valence-electron chi connectivity index (χ0n) is 12.6. The Morgan fingerprint density at radius 2 is 2.05 bits per heavy atom. The number of anilines is 1. The summed E-state index contributed by atoms with van der Waals surface area (Å²) in [7, 11) is 1.59. The summed E-state index contributed by atoms with van der Waals surface area (Å²) in [6.45, 7) is 8.67. The highest BCUT2D eigenvalue weighted by molar-refractivity contribution is 5.92. The van der Waals surface area contributed by atoms with Crippen LogP contribution in [-0.2, 0) is 4.79 Å². The van der Waals surface area contributed by atoms with Gasteiger partial charge in [-0.15, -0.1) is 6.58 Å². The molecule has 2 atom stereocenters. The molecule has 0 bridgehead atoms. The topological polar surface area (TPSA) is 49.8 Å². The van der Waals surface area contributed by atoms with Gasteiger partial charge in [0.1, 0.15) is 5.75 Å². The van der Waals surface area contributed by atoms with Crippen molar-refractivity contribution in [1.29, 1.82) is 0 Å². The Kier molecular flexibility index (Phi) is 5.34. The number of aliphatic hydroxyl groups is 1. The van der Waals surface area contributed by atoms with Gasteiger partial charge in [-0.1, -0.05) is 6.08 Å². The number of hydrogen-bond donors (Lipinski definition) is 1. The number of hydrogen-bond acceptors (Lipinski definition) is 3. The van der Waals surface area contributed by atoms with Gasteiger partial charge in [0.25, 0.3) is 0 Å². The summed E-state index contributed by atoms with van der Waals surface area (Å²) in [4.78, 5) is 13.5. The molecule has 4 heteroatoms. The van der Waals surface area contributed by atoms with Crippen molar-refractivity contribution >= 4 is 11.6 Å². The van der Waals surface area contributed by atoms with E-state index in [-0.39, 0.29) is 11.9 Å². The summed E-state index contributed by atoms with van der Waals surface area (Å²) in [5.41, 5.74) is -0.303. The van der Waals surface area contributed by atoms with E-state index in [0.29, 0.717) is 6.42 Å². The first-order chi connectivity index (χ1) is 9.33. The van der Waals surface area contributed by atoms with Crippen molar-refractivity contribution in [3.8, 4) is 5.75 Å². The van der Waals surface area contributed by atoms with Crippen LogP contribution in [0.3, 0.4) is 0 Å². The van der Waals surface area contributed by atoms with Crippen LogP contribution in [0.2, 0.25) is 0 Å². The van der Waals surface area contributed by atoms with E-state index in [2.05, 4.69) is 6.58 Å². The lowest BCUT2D eigenvalue weighted by atomic mass is 9.92. The van der Waals surface area contributed by atoms with Gasteiger partial charge in [0.2, 0.25) is 5.91 Å². The van der Waals surface area contributed by atoms with E-state index in [0.717, 1.165) is 11.4 Å². The molecular weight excluding hydrogens is 254 g/mol. The largest absolute Gasteiger partial charge is 0.497 e. The number of ether oxygens (including phenoxy) is 1. The fourth-order valence-corrected chi connectivity index (χ4v) is 2.16. The number of benzene rings is 1. The molecule has 1 N–H and O–H groups in total. The Bertz CT molecular complexity index is 465. The van der Waals surface area contributed by atoms with Crippen LogP contribution in [-0.4, -0.2) is 29.8 Å². The highest BCUT2D eigenvalue weighted by atomic mass is 16.5. The SMILES string of the molecule is C=CC[C@](C)(O)[C@@H](C)N(C(C)=O)c1ccc(OC)cc1. The maximum absolute atomic E-state index is 11.9. The monoisotopic (exact) mass is 277 g/mol. The van der Waals surface area contributed by atoms with Crippen molar-refractivity contribution in [2.24, 2.45) is 0 Å². The minimum Gasteiger partial charge on any atom is -0.497 e. The van der Waals surface area contributed by atoms with Crippen molar-refractivity contribution in [2.75, 3.05) is 12.0 Å². The van der Waals surface area contributed by atoms with Gasteiger partial charge in [-0.3, -0.25) is 4.79 Å². The van der Waals surface area contributed by atoms with Crippen LogP contribution in [0.25, 0.3) is 0 Å². The minimum atomic E-state index is -1.03. The van der Waals surface area contributed by atoms with Crippen molar-refractivity contribution in [1.82, 2.24) is 0 Å². The van der Waals surface area contributed by atoms with Crippen LogP contribution in [0.5, 0.6) is 5.75 Å². The molecule has 0 aromatic heterocycles. The summed E-state index contributed by atoms with van der Waals surface area (Å²) >= 11 is 0. The third-order valence-electron chi connectivity index (χ3n) is 3.53. The average molecular weight is 277 g/mol. The van der Waals surface area contributed by atoms with Crippen molar-refractivity contribution < 1.29 is 14.6 Å². The van der Waals surface area contributed by atoms with Gasteiger partial charge in [-0.2, -0.15) is 0 Å². The highest BCUT2D eigenvalue weighted by Crippen LogP contribution is 2.27. The molecule has 0 heterocycles. The van der Waals surface area contributed by atoms with Crippen LogP contribution in [0.1, 0.15) is 27.2 Å². The summed E-state index contributed by atoms with van der Waals surface area (Å²) in [6, 6.07) is 6.83. The average Bonchev–Trinajstić information content (AvgIpc) is 2.39. The molecule has 0 radical (unpaired) electrons. The predicted molar refractivity (Wildman–Crippen MR) is 81.1 cm³/mol. The van der Waals surface area contributed by atoms with Crippen LogP contribution in [0.4, 0.5) is 5.69 Å². The highest BCUT2D eigenvalue weighted by Gasteiger charge is 2.34. The second-order valence-electron chi connectivity index (χ2n) is 5.11. The van der Waals surface area contributed by atoms with Crippen LogP contribution in [0, 0.1) is 0 Å². The zero-order valence-corrected chi connectivity index (χ0v) is 12.6. The summed E-state index contributed by atoms with van der Waals surface area (Å²) in [5, 5.41) is 10.5. The van der Waals surface area contributed by atoms with E-state index < -0.39 is 5.60 Å². The smallest absolute Gasteiger partial charge is 0.224 e. The molecule has 0 spiro atoms. The Labute approximate surface area is 120 Å². The summed E-state index contributed by atoms with van der Waals surface area (Å²) in [5.74, 6) is 0.606. The lowest BCUT2D eigenvalue weighted by Crippen LogP contribution is -2.51. The number of carbonyl (C=O) groups excluding carboxylic acids is 1. The van der Waals surface area contributed by atoms with E-state index in [1.807, 2.05) is 6.92 Å². The van der Waals surface area contributed by atoms with E-state index >= 15 is 0 Å². The first-order valence-corrected chi connectivity index (χ1v) is 6.60. The standard InChI is InChI=1S/C16H23NO3/c1-6-11-16(4,19)12(2)17(13(3)18)14-7-9-15(20-5)10-8-14/h6-10,12,19H,1,11H2,2-5H3/t12-,16+/m1/s1. The van der Waals surface area contributed by atoms with Crippen molar-refractivity contribution in [2.45, 2.75) is 38.8 Å². The molecular formula is C16H23NO3. The van der Waals surface area contributed by atoms with E-state index in [1.54, 1.807) is 49.3 Å². The van der Waals surface area contributed by atoms with Crippen molar-refractivity contribution in [3.63, 3.8) is 0 Å².